The zero-order valence-electron chi connectivity index (χ0n) is 13.4. The Labute approximate surface area is 137 Å². The molecule has 1 aromatic carbocycles. The molecule has 0 amide bonds. The predicted molar refractivity (Wildman–Crippen MR) is 92.4 cm³/mol. The third-order valence-electron chi connectivity index (χ3n) is 4.52. The second kappa shape index (κ2) is 6.55. The van der Waals surface area contributed by atoms with E-state index in [0.29, 0.717) is 6.54 Å². The van der Waals surface area contributed by atoms with Crippen LogP contribution >= 0.6 is 0 Å². The van der Waals surface area contributed by atoms with Gasteiger partial charge in [0.1, 0.15) is 0 Å². The van der Waals surface area contributed by atoms with Gasteiger partial charge in [-0.1, -0.05) is 30.7 Å². The normalized spacial score (nSPS) is 21.4. The second-order valence-electron chi connectivity index (χ2n) is 6.28. The van der Waals surface area contributed by atoms with Gasteiger partial charge in [-0.25, -0.2) is 8.42 Å². The van der Waals surface area contributed by atoms with Crippen LogP contribution in [0.25, 0.3) is 10.9 Å². The van der Waals surface area contributed by atoms with Crippen molar-refractivity contribution in [3.63, 3.8) is 0 Å². The van der Waals surface area contributed by atoms with Gasteiger partial charge in [0.15, 0.2) is 0 Å². The number of nitrogens with zero attached hydrogens (tertiary/aromatic N) is 2. The maximum absolute atomic E-state index is 13.0. The zero-order chi connectivity index (χ0) is 16.4. The van der Waals surface area contributed by atoms with Crippen LogP contribution in [0, 0.1) is 0 Å². The molecule has 0 spiro atoms. The van der Waals surface area contributed by atoms with E-state index in [9.17, 15) is 8.42 Å². The van der Waals surface area contributed by atoms with Gasteiger partial charge in [-0.15, -0.1) is 0 Å². The van der Waals surface area contributed by atoms with E-state index >= 15 is 0 Å². The molecule has 2 heterocycles. The standard InChI is InChI=1S/C17H23N3O2S/c1-13(18)16-9-2-3-11-20(16)23(21,22)12-15-7-4-6-14-8-5-10-19-17(14)15/h4-8,10,13,16H,2-3,9,11-12,18H2,1H3/t13-,16+/m0/s1. The van der Waals surface area contributed by atoms with Crippen molar-refractivity contribution in [2.75, 3.05) is 6.54 Å². The molecule has 1 aliphatic heterocycles. The molecule has 0 saturated carbocycles. The van der Waals surface area contributed by atoms with Crippen molar-refractivity contribution in [3.05, 3.63) is 42.1 Å². The highest BCUT2D eigenvalue weighted by molar-refractivity contribution is 7.88. The monoisotopic (exact) mass is 333 g/mol. The minimum absolute atomic E-state index is 0.0232. The minimum atomic E-state index is -3.41. The first kappa shape index (κ1) is 16.4. The first-order chi connectivity index (χ1) is 11.0. The Kier molecular flexibility index (Phi) is 4.66. The molecular weight excluding hydrogens is 310 g/mol. The number of rotatable bonds is 4. The van der Waals surface area contributed by atoms with Crippen LogP contribution in [0.5, 0.6) is 0 Å². The number of piperidine rings is 1. The van der Waals surface area contributed by atoms with E-state index in [1.807, 2.05) is 37.3 Å². The average Bonchev–Trinajstić information content (AvgIpc) is 2.55. The fourth-order valence-corrected chi connectivity index (χ4v) is 5.27. The van der Waals surface area contributed by atoms with E-state index in [4.69, 9.17) is 5.73 Å². The molecule has 1 fully saturated rings. The van der Waals surface area contributed by atoms with Crippen LogP contribution in [0.15, 0.2) is 36.5 Å². The van der Waals surface area contributed by atoms with E-state index in [0.717, 1.165) is 35.7 Å². The van der Waals surface area contributed by atoms with Gasteiger partial charge < -0.3 is 5.73 Å². The summed E-state index contributed by atoms with van der Waals surface area (Å²) in [6.45, 7) is 2.45. The van der Waals surface area contributed by atoms with Gasteiger partial charge >= 0.3 is 0 Å². The summed E-state index contributed by atoms with van der Waals surface area (Å²) in [4.78, 5) is 4.36. The van der Waals surface area contributed by atoms with Gasteiger partial charge in [0, 0.05) is 30.2 Å². The molecule has 2 N–H and O–H groups in total. The lowest BCUT2D eigenvalue weighted by Crippen LogP contribution is -2.51. The average molecular weight is 333 g/mol. The Morgan fingerprint density at radius 2 is 2.09 bits per heavy atom. The van der Waals surface area contributed by atoms with Crippen molar-refractivity contribution < 1.29 is 8.42 Å². The van der Waals surface area contributed by atoms with Crippen LogP contribution in [-0.2, 0) is 15.8 Å². The van der Waals surface area contributed by atoms with Crippen LogP contribution < -0.4 is 5.73 Å². The number of hydrogen-bond acceptors (Lipinski definition) is 4. The Balaban J connectivity index is 1.93. The fraction of sp³-hybridized carbons (Fsp3) is 0.471. The quantitative estimate of drug-likeness (QED) is 0.931. The SMILES string of the molecule is C[C@H](N)[C@H]1CCCCN1S(=O)(=O)Cc1cccc2cccnc12. The number of sulfonamides is 1. The molecule has 5 nitrogen and oxygen atoms in total. The molecule has 3 rings (SSSR count). The number of fused-ring (bicyclic) bond motifs is 1. The molecule has 2 aromatic rings. The highest BCUT2D eigenvalue weighted by Crippen LogP contribution is 2.26. The Hall–Kier alpha value is -1.50. The molecule has 1 saturated heterocycles. The van der Waals surface area contributed by atoms with E-state index in [2.05, 4.69) is 4.98 Å². The zero-order valence-corrected chi connectivity index (χ0v) is 14.2. The lowest BCUT2D eigenvalue weighted by molar-refractivity contribution is 0.227. The van der Waals surface area contributed by atoms with Crippen LogP contribution in [-0.4, -0.2) is 36.3 Å². The van der Waals surface area contributed by atoms with Crippen molar-refractivity contribution >= 4 is 20.9 Å². The molecule has 0 aliphatic carbocycles. The van der Waals surface area contributed by atoms with Gasteiger partial charge in [0.25, 0.3) is 0 Å². The van der Waals surface area contributed by atoms with Crippen molar-refractivity contribution in [2.24, 2.45) is 5.73 Å². The van der Waals surface area contributed by atoms with Gasteiger partial charge in [0.2, 0.25) is 10.0 Å². The smallest absolute Gasteiger partial charge is 0.218 e. The molecule has 0 bridgehead atoms. The first-order valence-electron chi connectivity index (χ1n) is 8.07. The summed E-state index contributed by atoms with van der Waals surface area (Å²) < 4.78 is 27.5. The van der Waals surface area contributed by atoms with Crippen LogP contribution in [0.4, 0.5) is 0 Å². The molecule has 0 radical (unpaired) electrons. The van der Waals surface area contributed by atoms with Gasteiger partial charge in [-0.3, -0.25) is 4.98 Å². The maximum atomic E-state index is 13.0. The number of aromatic nitrogens is 1. The topological polar surface area (TPSA) is 76.3 Å². The third kappa shape index (κ3) is 3.39. The Morgan fingerprint density at radius 3 is 2.87 bits per heavy atom. The number of pyridine rings is 1. The number of nitrogens with two attached hydrogens (primary N) is 1. The van der Waals surface area contributed by atoms with Crippen molar-refractivity contribution in [3.8, 4) is 0 Å². The van der Waals surface area contributed by atoms with Gasteiger partial charge in [-0.2, -0.15) is 4.31 Å². The van der Waals surface area contributed by atoms with Crippen LogP contribution in [0.1, 0.15) is 31.7 Å². The van der Waals surface area contributed by atoms with E-state index in [-0.39, 0.29) is 17.8 Å². The molecule has 124 valence electrons. The van der Waals surface area contributed by atoms with E-state index in [1.54, 1.807) is 10.5 Å². The summed E-state index contributed by atoms with van der Waals surface area (Å²) >= 11 is 0. The molecule has 2 atom stereocenters. The van der Waals surface area contributed by atoms with Crippen LogP contribution in [0.3, 0.4) is 0 Å². The summed E-state index contributed by atoms with van der Waals surface area (Å²) in [5.41, 5.74) is 7.52. The lowest BCUT2D eigenvalue weighted by Gasteiger charge is -2.37. The minimum Gasteiger partial charge on any atom is -0.326 e. The first-order valence-corrected chi connectivity index (χ1v) is 9.68. The molecular formula is C17H23N3O2S. The highest BCUT2D eigenvalue weighted by Gasteiger charge is 2.34. The molecule has 23 heavy (non-hydrogen) atoms. The highest BCUT2D eigenvalue weighted by atomic mass is 32.2. The predicted octanol–water partition coefficient (Wildman–Crippen LogP) is 2.27. The lowest BCUT2D eigenvalue weighted by atomic mass is 10.00. The van der Waals surface area contributed by atoms with Crippen molar-refractivity contribution in [1.82, 2.24) is 9.29 Å². The summed E-state index contributed by atoms with van der Waals surface area (Å²) in [7, 11) is -3.41. The van der Waals surface area contributed by atoms with Crippen molar-refractivity contribution in [2.45, 2.75) is 44.0 Å². The summed E-state index contributed by atoms with van der Waals surface area (Å²) in [5, 5.41) is 0.961. The summed E-state index contributed by atoms with van der Waals surface area (Å²) in [6.07, 6.45) is 4.47. The van der Waals surface area contributed by atoms with Gasteiger partial charge in [-0.05, 0) is 31.4 Å². The number of hydrogen-bond donors (Lipinski definition) is 1. The van der Waals surface area contributed by atoms with E-state index < -0.39 is 10.0 Å². The maximum Gasteiger partial charge on any atom is 0.218 e. The fourth-order valence-electron chi connectivity index (χ4n) is 3.36. The number of benzene rings is 1. The molecule has 1 aliphatic rings. The second-order valence-corrected chi connectivity index (χ2v) is 8.20. The Morgan fingerprint density at radius 1 is 1.30 bits per heavy atom. The molecule has 6 heteroatoms. The Bertz CT molecular complexity index is 784. The van der Waals surface area contributed by atoms with Crippen molar-refractivity contribution in [1.29, 1.82) is 0 Å². The van der Waals surface area contributed by atoms with Crippen LogP contribution in [0.2, 0.25) is 0 Å². The molecule has 0 unspecified atom stereocenters. The third-order valence-corrected chi connectivity index (χ3v) is 6.36. The summed E-state index contributed by atoms with van der Waals surface area (Å²) in [5.74, 6) is -0.0232. The number of para-hydroxylation sites is 1. The largest absolute Gasteiger partial charge is 0.326 e. The van der Waals surface area contributed by atoms with Gasteiger partial charge in [0.05, 0.1) is 11.3 Å². The van der Waals surface area contributed by atoms with E-state index in [1.165, 1.54) is 0 Å². The summed E-state index contributed by atoms with van der Waals surface area (Å²) in [6, 6.07) is 9.23. The molecule has 1 aromatic heterocycles.